The molecule has 4 N–H and O–H groups in total. The Kier molecular flexibility index (Phi) is 3.93. The van der Waals surface area contributed by atoms with Gasteiger partial charge < -0.3 is 16.4 Å². The van der Waals surface area contributed by atoms with E-state index in [0.717, 1.165) is 25.5 Å². The molecule has 1 aliphatic rings. The van der Waals surface area contributed by atoms with Crippen molar-refractivity contribution in [2.45, 2.75) is 12.8 Å². The highest BCUT2D eigenvalue weighted by atomic mass is 16.1. The number of rotatable bonds is 4. The zero-order valence-corrected chi connectivity index (χ0v) is 9.78. The van der Waals surface area contributed by atoms with Gasteiger partial charge in [0.2, 0.25) is 5.91 Å². The molecule has 1 unspecified atom stereocenters. The van der Waals surface area contributed by atoms with E-state index in [9.17, 15) is 4.79 Å². The first-order valence-corrected chi connectivity index (χ1v) is 5.96. The molecule has 0 aromatic carbocycles. The van der Waals surface area contributed by atoms with Gasteiger partial charge in [-0.15, -0.1) is 0 Å². The van der Waals surface area contributed by atoms with Crippen LogP contribution in [0.5, 0.6) is 0 Å². The molecule has 0 spiro atoms. The van der Waals surface area contributed by atoms with Crippen molar-refractivity contribution >= 4 is 11.7 Å². The van der Waals surface area contributed by atoms with Crippen LogP contribution in [-0.4, -0.2) is 30.5 Å². The number of anilines is 1. The summed E-state index contributed by atoms with van der Waals surface area (Å²) >= 11 is 0. The Balaban J connectivity index is 1.84. The Bertz CT molecular complexity index is 371. The molecule has 0 radical (unpaired) electrons. The summed E-state index contributed by atoms with van der Waals surface area (Å²) in [6, 6.07) is 3.48. The highest BCUT2D eigenvalue weighted by Crippen LogP contribution is 2.11. The fourth-order valence-corrected chi connectivity index (χ4v) is 1.99. The smallest absolute Gasteiger partial charge is 0.250 e. The molecule has 1 fully saturated rings. The quantitative estimate of drug-likeness (QED) is 0.712. The number of amides is 1. The third-order valence-electron chi connectivity index (χ3n) is 3.02. The first-order valence-electron chi connectivity index (χ1n) is 5.96. The van der Waals surface area contributed by atoms with Crippen LogP contribution in [0.25, 0.3) is 0 Å². The van der Waals surface area contributed by atoms with Crippen LogP contribution in [0, 0.1) is 5.92 Å². The van der Waals surface area contributed by atoms with Gasteiger partial charge in [-0.25, -0.2) is 4.98 Å². The van der Waals surface area contributed by atoms with Gasteiger partial charge in [0.1, 0.15) is 5.82 Å². The van der Waals surface area contributed by atoms with Crippen LogP contribution in [-0.2, 0) is 0 Å². The van der Waals surface area contributed by atoms with Gasteiger partial charge in [0.25, 0.3) is 0 Å². The van der Waals surface area contributed by atoms with E-state index < -0.39 is 5.91 Å². The fourth-order valence-electron chi connectivity index (χ4n) is 1.99. The topological polar surface area (TPSA) is 80.0 Å². The SMILES string of the molecule is NC(=O)c1ccc(NCC2CCCNC2)nc1. The summed E-state index contributed by atoms with van der Waals surface area (Å²) in [6.45, 7) is 3.10. The summed E-state index contributed by atoms with van der Waals surface area (Å²) in [7, 11) is 0. The number of nitrogens with one attached hydrogen (secondary N) is 2. The van der Waals surface area contributed by atoms with Crippen molar-refractivity contribution in [3.8, 4) is 0 Å². The van der Waals surface area contributed by atoms with Crippen LogP contribution in [0.2, 0.25) is 0 Å². The van der Waals surface area contributed by atoms with Crippen LogP contribution >= 0.6 is 0 Å². The van der Waals surface area contributed by atoms with Crippen molar-refractivity contribution in [2.24, 2.45) is 11.7 Å². The third kappa shape index (κ3) is 3.42. The van der Waals surface area contributed by atoms with Gasteiger partial charge in [0.05, 0.1) is 5.56 Å². The maximum atomic E-state index is 10.9. The average molecular weight is 234 g/mol. The minimum absolute atomic E-state index is 0.440. The number of primary amides is 1. The Hall–Kier alpha value is -1.62. The van der Waals surface area contributed by atoms with Crippen molar-refractivity contribution in [1.82, 2.24) is 10.3 Å². The Morgan fingerprint density at radius 1 is 1.59 bits per heavy atom. The van der Waals surface area contributed by atoms with Crippen LogP contribution in [0.4, 0.5) is 5.82 Å². The normalized spacial score (nSPS) is 19.9. The second-order valence-electron chi connectivity index (χ2n) is 4.39. The Morgan fingerprint density at radius 3 is 3.06 bits per heavy atom. The molecule has 17 heavy (non-hydrogen) atoms. The second kappa shape index (κ2) is 5.63. The Labute approximate surface area is 101 Å². The summed E-state index contributed by atoms with van der Waals surface area (Å²) in [5.74, 6) is 1.00. The summed E-state index contributed by atoms with van der Waals surface area (Å²) in [6.07, 6.45) is 3.99. The van der Waals surface area contributed by atoms with Crippen LogP contribution in [0.3, 0.4) is 0 Å². The van der Waals surface area contributed by atoms with Crippen LogP contribution < -0.4 is 16.4 Å². The molecule has 1 aromatic rings. The maximum Gasteiger partial charge on any atom is 0.250 e. The molecule has 0 bridgehead atoms. The minimum Gasteiger partial charge on any atom is -0.370 e. The van der Waals surface area contributed by atoms with Crippen molar-refractivity contribution in [3.63, 3.8) is 0 Å². The van der Waals surface area contributed by atoms with Gasteiger partial charge in [-0.3, -0.25) is 4.79 Å². The number of pyridine rings is 1. The Morgan fingerprint density at radius 2 is 2.47 bits per heavy atom. The molecular formula is C12H18N4O. The molecule has 1 saturated heterocycles. The van der Waals surface area contributed by atoms with Gasteiger partial charge in [0, 0.05) is 12.7 Å². The highest BCUT2D eigenvalue weighted by Gasteiger charge is 2.12. The van der Waals surface area contributed by atoms with E-state index >= 15 is 0 Å². The monoisotopic (exact) mass is 234 g/mol. The molecule has 1 amide bonds. The average Bonchev–Trinajstić information content (AvgIpc) is 2.38. The van der Waals surface area contributed by atoms with E-state index in [-0.39, 0.29) is 0 Å². The number of nitrogens with zero attached hydrogens (tertiary/aromatic N) is 1. The number of carbonyl (C=O) groups excluding carboxylic acids is 1. The van der Waals surface area contributed by atoms with Gasteiger partial charge in [-0.2, -0.15) is 0 Å². The molecule has 1 aromatic heterocycles. The lowest BCUT2D eigenvalue weighted by molar-refractivity contribution is 0.1000. The lowest BCUT2D eigenvalue weighted by Gasteiger charge is -2.23. The second-order valence-corrected chi connectivity index (χ2v) is 4.39. The molecule has 0 saturated carbocycles. The van der Waals surface area contributed by atoms with E-state index in [1.807, 2.05) is 0 Å². The molecule has 92 valence electrons. The third-order valence-corrected chi connectivity index (χ3v) is 3.02. The van der Waals surface area contributed by atoms with E-state index in [0.29, 0.717) is 11.5 Å². The number of hydrogen-bond donors (Lipinski definition) is 3. The van der Waals surface area contributed by atoms with E-state index in [1.165, 1.54) is 19.0 Å². The molecular weight excluding hydrogens is 216 g/mol. The molecule has 5 nitrogen and oxygen atoms in total. The first-order chi connectivity index (χ1) is 8.25. The van der Waals surface area contributed by atoms with Gasteiger partial charge in [-0.1, -0.05) is 0 Å². The van der Waals surface area contributed by atoms with Crippen molar-refractivity contribution < 1.29 is 4.79 Å². The van der Waals surface area contributed by atoms with Crippen molar-refractivity contribution in [1.29, 1.82) is 0 Å². The summed E-state index contributed by atoms with van der Waals surface area (Å²) in [4.78, 5) is 15.0. The highest BCUT2D eigenvalue weighted by molar-refractivity contribution is 5.92. The fraction of sp³-hybridized carbons (Fsp3) is 0.500. The van der Waals surface area contributed by atoms with Crippen molar-refractivity contribution in [2.75, 3.05) is 25.0 Å². The molecule has 2 heterocycles. The molecule has 1 aliphatic heterocycles. The zero-order chi connectivity index (χ0) is 12.1. The minimum atomic E-state index is -0.444. The number of aromatic nitrogens is 1. The molecule has 1 atom stereocenters. The van der Waals surface area contributed by atoms with E-state index in [4.69, 9.17) is 5.73 Å². The number of nitrogens with two attached hydrogens (primary N) is 1. The van der Waals surface area contributed by atoms with Crippen LogP contribution in [0.1, 0.15) is 23.2 Å². The van der Waals surface area contributed by atoms with Gasteiger partial charge in [-0.05, 0) is 44.0 Å². The van der Waals surface area contributed by atoms with E-state index in [1.54, 1.807) is 12.1 Å². The molecule has 2 rings (SSSR count). The number of piperidine rings is 1. The van der Waals surface area contributed by atoms with Crippen molar-refractivity contribution in [3.05, 3.63) is 23.9 Å². The predicted octanol–water partition coefficient (Wildman–Crippen LogP) is 0.592. The van der Waals surface area contributed by atoms with Gasteiger partial charge in [0.15, 0.2) is 0 Å². The standard InChI is InChI=1S/C12H18N4O/c13-12(17)10-3-4-11(16-8-10)15-7-9-2-1-5-14-6-9/h3-4,8-9,14H,1-2,5-7H2,(H2,13,17)(H,15,16). The number of carbonyl (C=O) groups is 1. The van der Waals surface area contributed by atoms with E-state index in [2.05, 4.69) is 15.6 Å². The summed E-state index contributed by atoms with van der Waals surface area (Å²) in [5.41, 5.74) is 5.59. The lowest BCUT2D eigenvalue weighted by atomic mass is 10.00. The lowest BCUT2D eigenvalue weighted by Crippen LogP contribution is -2.33. The molecule has 0 aliphatic carbocycles. The number of hydrogen-bond acceptors (Lipinski definition) is 4. The first kappa shape index (κ1) is 11.9. The van der Waals surface area contributed by atoms with Crippen LogP contribution in [0.15, 0.2) is 18.3 Å². The molecule has 5 heteroatoms. The predicted molar refractivity (Wildman–Crippen MR) is 66.8 cm³/mol. The van der Waals surface area contributed by atoms with Gasteiger partial charge >= 0.3 is 0 Å². The summed E-state index contributed by atoms with van der Waals surface area (Å²) < 4.78 is 0. The maximum absolute atomic E-state index is 10.9. The summed E-state index contributed by atoms with van der Waals surface area (Å²) in [5, 5.41) is 6.65. The zero-order valence-electron chi connectivity index (χ0n) is 9.78. The largest absolute Gasteiger partial charge is 0.370 e.